The fourth-order valence-corrected chi connectivity index (χ4v) is 1.73. The minimum absolute atomic E-state index is 0.0107. The molecule has 0 aliphatic heterocycles. The van der Waals surface area contributed by atoms with Crippen molar-refractivity contribution in [3.63, 3.8) is 0 Å². The lowest BCUT2D eigenvalue weighted by Crippen LogP contribution is -2.32. The topological polar surface area (TPSA) is 29.3 Å². The Kier molecular flexibility index (Phi) is 4.21. The van der Waals surface area contributed by atoms with E-state index in [1.165, 1.54) is 25.2 Å². The Hall–Kier alpha value is -1.01. The van der Waals surface area contributed by atoms with E-state index >= 15 is 0 Å². The SMILES string of the molecule is CN(CC(F)(F)F)c1ccc(Cl)cc1C(N)=S. The lowest BCUT2D eigenvalue weighted by molar-refractivity contribution is -0.119. The highest BCUT2D eigenvalue weighted by Gasteiger charge is 2.30. The number of alkyl halides is 3. The Balaban J connectivity index is 3.09. The molecule has 0 atom stereocenters. The van der Waals surface area contributed by atoms with Crippen LogP contribution in [0.15, 0.2) is 18.2 Å². The molecule has 0 aromatic heterocycles. The lowest BCUT2D eigenvalue weighted by atomic mass is 10.1. The third-order valence-corrected chi connectivity index (χ3v) is 2.51. The molecule has 0 saturated heterocycles. The second-order valence-electron chi connectivity index (χ2n) is 3.50. The van der Waals surface area contributed by atoms with Crippen molar-refractivity contribution in [3.05, 3.63) is 28.8 Å². The maximum Gasteiger partial charge on any atom is 0.405 e. The van der Waals surface area contributed by atoms with Gasteiger partial charge in [0.1, 0.15) is 11.5 Å². The number of hydrogen-bond acceptors (Lipinski definition) is 2. The summed E-state index contributed by atoms with van der Waals surface area (Å²) in [6.07, 6.45) is -4.29. The Morgan fingerprint density at radius 2 is 2.06 bits per heavy atom. The van der Waals surface area contributed by atoms with E-state index in [-0.39, 0.29) is 4.99 Å². The quantitative estimate of drug-likeness (QED) is 0.864. The number of rotatable bonds is 3. The summed E-state index contributed by atoms with van der Waals surface area (Å²) < 4.78 is 36.8. The summed E-state index contributed by atoms with van der Waals surface area (Å²) in [4.78, 5) is 1.04. The second kappa shape index (κ2) is 5.10. The summed E-state index contributed by atoms with van der Waals surface area (Å²) in [5.41, 5.74) is 6.09. The van der Waals surface area contributed by atoms with Gasteiger partial charge in [-0.15, -0.1) is 0 Å². The molecule has 0 fully saturated rings. The van der Waals surface area contributed by atoms with E-state index in [1.807, 2.05) is 0 Å². The van der Waals surface area contributed by atoms with Crippen LogP contribution < -0.4 is 10.6 Å². The largest absolute Gasteiger partial charge is 0.405 e. The molecule has 94 valence electrons. The van der Waals surface area contributed by atoms with Gasteiger partial charge in [0.25, 0.3) is 0 Å². The van der Waals surface area contributed by atoms with Crippen molar-refractivity contribution in [2.45, 2.75) is 6.18 Å². The molecule has 0 spiro atoms. The molecule has 2 nitrogen and oxygen atoms in total. The monoisotopic (exact) mass is 282 g/mol. The van der Waals surface area contributed by atoms with E-state index < -0.39 is 12.7 Å². The maximum absolute atomic E-state index is 12.3. The third-order valence-electron chi connectivity index (χ3n) is 2.05. The predicted octanol–water partition coefficient (Wildman–Crippen LogP) is 2.97. The molecule has 0 aliphatic rings. The highest BCUT2D eigenvalue weighted by atomic mass is 35.5. The van der Waals surface area contributed by atoms with Gasteiger partial charge in [-0.25, -0.2) is 0 Å². The highest BCUT2D eigenvalue weighted by molar-refractivity contribution is 7.80. The molecule has 2 N–H and O–H groups in total. The van der Waals surface area contributed by atoms with Crippen LogP contribution in [0.1, 0.15) is 5.56 Å². The fraction of sp³-hybridized carbons (Fsp3) is 0.300. The van der Waals surface area contributed by atoms with Crippen LogP contribution in [0.25, 0.3) is 0 Å². The molecule has 0 saturated carbocycles. The minimum atomic E-state index is -4.29. The van der Waals surface area contributed by atoms with Crippen LogP contribution in [-0.4, -0.2) is 24.8 Å². The first-order chi connectivity index (χ1) is 7.70. The molecule has 0 aliphatic carbocycles. The van der Waals surface area contributed by atoms with Gasteiger partial charge in [0, 0.05) is 23.3 Å². The van der Waals surface area contributed by atoms with Crippen LogP contribution in [0.2, 0.25) is 5.02 Å². The van der Waals surface area contributed by atoms with E-state index in [0.29, 0.717) is 16.3 Å². The van der Waals surface area contributed by atoms with E-state index in [0.717, 1.165) is 4.90 Å². The van der Waals surface area contributed by atoms with Gasteiger partial charge >= 0.3 is 6.18 Å². The van der Waals surface area contributed by atoms with Crippen LogP contribution in [0.3, 0.4) is 0 Å². The first-order valence-electron chi connectivity index (χ1n) is 4.58. The fourth-order valence-electron chi connectivity index (χ4n) is 1.39. The molecule has 0 radical (unpaired) electrons. The summed E-state index contributed by atoms with van der Waals surface area (Å²) in [7, 11) is 1.32. The van der Waals surface area contributed by atoms with E-state index in [2.05, 4.69) is 0 Å². The van der Waals surface area contributed by atoms with Gasteiger partial charge < -0.3 is 10.6 Å². The normalized spacial score (nSPS) is 11.4. The van der Waals surface area contributed by atoms with Crippen LogP contribution in [0, 0.1) is 0 Å². The summed E-state index contributed by atoms with van der Waals surface area (Å²) in [6, 6.07) is 4.40. The average molecular weight is 283 g/mol. The van der Waals surface area contributed by atoms with E-state index in [1.54, 1.807) is 0 Å². The van der Waals surface area contributed by atoms with Gasteiger partial charge in [-0.2, -0.15) is 13.2 Å². The molecule has 7 heteroatoms. The standard InChI is InChI=1S/C10H10ClF3N2S/c1-16(5-10(12,13)14)8-3-2-6(11)4-7(8)9(15)17/h2-4H,5H2,1H3,(H2,15,17). The number of hydrogen-bond donors (Lipinski definition) is 1. The average Bonchev–Trinajstić information content (AvgIpc) is 2.14. The van der Waals surface area contributed by atoms with Crippen LogP contribution in [0.4, 0.5) is 18.9 Å². The van der Waals surface area contributed by atoms with Crippen LogP contribution in [-0.2, 0) is 0 Å². The molecular formula is C10H10ClF3N2S. The molecule has 0 bridgehead atoms. The number of nitrogens with two attached hydrogens (primary N) is 1. The molecule has 1 aromatic rings. The van der Waals surface area contributed by atoms with Crippen molar-refractivity contribution in [3.8, 4) is 0 Å². The van der Waals surface area contributed by atoms with Gasteiger partial charge in [-0.05, 0) is 18.2 Å². The van der Waals surface area contributed by atoms with Crippen molar-refractivity contribution in [2.24, 2.45) is 5.73 Å². The number of nitrogens with zero attached hydrogens (tertiary/aromatic N) is 1. The summed E-state index contributed by atoms with van der Waals surface area (Å²) >= 11 is 10.5. The van der Waals surface area contributed by atoms with Gasteiger partial charge in [0.15, 0.2) is 0 Å². The lowest BCUT2D eigenvalue weighted by Gasteiger charge is -2.23. The number of anilines is 1. The van der Waals surface area contributed by atoms with Gasteiger partial charge in [0.05, 0.1) is 0 Å². The Morgan fingerprint density at radius 3 is 2.53 bits per heavy atom. The smallest absolute Gasteiger partial charge is 0.389 e. The Labute approximate surface area is 107 Å². The van der Waals surface area contributed by atoms with Gasteiger partial charge in [-0.1, -0.05) is 23.8 Å². The zero-order chi connectivity index (χ0) is 13.2. The van der Waals surface area contributed by atoms with Gasteiger partial charge in [0.2, 0.25) is 0 Å². The molecular weight excluding hydrogens is 273 g/mol. The van der Waals surface area contributed by atoms with Crippen LogP contribution >= 0.6 is 23.8 Å². The number of benzene rings is 1. The number of halogens is 4. The summed E-state index contributed by atoms with van der Waals surface area (Å²) in [5.74, 6) is 0. The maximum atomic E-state index is 12.3. The van der Waals surface area contributed by atoms with Crippen LogP contribution in [0.5, 0.6) is 0 Å². The molecule has 17 heavy (non-hydrogen) atoms. The van der Waals surface area contributed by atoms with Crippen molar-refractivity contribution in [1.82, 2.24) is 0 Å². The molecule has 1 aromatic carbocycles. The Bertz CT molecular complexity index is 434. The first kappa shape index (κ1) is 14.1. The summed E-state index contributed by atoms with van der Waals surface area (Å²) in [6.45, 7) is -1.08. The third kappa shape index (κ3) is 4.05. The molecule has 0 heterocycles. The molecule has 0 amide bonds. The minimum Gasteiger partial charge on any atom is -0.389 e. The van der Waals surface area contributed by atoms with Crippen molar-refractivity contribution >= 4 is 34.5 Å². The van der Waals surface area contributed by atoms with Crippen molar-refractivity contribution in [1.29, 1.82) is 0 Å². The van der Waals surface area contributed by atoms with Gasteiger partial charge in [-0.3, -0.25) is 0 Å². The van der Waals surface area contributed by atoms with E-state index in [9.17, 15) is 13.2 Å². The van der Waals surface area contributed by atoms with Crippen molar-refractivity contribution < 1.29 is 13.2 Å². The Morgan fingerprint density at radius 1 is 1.47 bits per heavy atom. The first-order valence-corrected chi connectivity index (χ1v) is 5.36. The highest BCUT2D eigenvalue weighted by Crippen LogP contribution is 2.26. The zero-order valence-electron chi connectivity index (χ0n) is 8.88. The number of thiocarbonyl (C=S) groups is 1. The molecule has 1 rings (SSSR count). The summed E-state index contributed by atoms with van der Waals surface area (Å²) in [5, 5.41) is 0.372. The second-order valence-corrected chi connectivity index (χ2v) is 4.37. The molecule has 0 unspecified atom stereocenters. The van der Waals surface area contributed by atoms with E-state index in [4.69, 9.17) is 29.6 Å². The predicted molar refractivity (Wildman–Crippen MR) is 66.7 cm³/mol. The zero-order valence-corrected chi connectivity index (χ0v) is 10.5. The van der Waals surface area contributed by atoms with Crippen molar-refractivity contribution in [2.75, 3.05) is 18.5 Å².